The highest BCUT2D eigenvalue weighted by Crippen LogP contribution is 2.37. The van der Waals surface area contributed by atoms with Gasteiger partial charge in [-0.05, 0) is 19.4 Å². The standard InChI is InChI=1S/C15H18N2OS/c1-9-7-13-14(10(2)18-9)19-15(17-13)12-5-3-11(8-16)4-6-12/h3-6,9-10H,7-8,16H2,1-2H3. The molecule has 1 aromatic carbocycles. The summed E-state index contributed by atoms with van der Waals surface area (Å²) in [7, 11) is 0. The zero-order valence-corrected chi connectivity index (χ0v) is 12.0. The van der Waals surface area contributed by atoms with Crippen molar-refractivity contribution in [1.82, 2.24) is 4.98 Å². The molecular weight excluding hydrogens is 256 g/mol. The maximum atomic E-state index is 5.85. The normalized spacial score (nSPS) is 22.3. The number of nitrogens with zero attached hydrogens (tertiary/aromatic N) is 1. The predicted molar refractivity (Wildman–Crippen MR) is 78.1 cm³/mol. The molecule has 0 bridgehead atoms. The molecule has 4 heteroatoms. The lowest BCUT2D eigenvalue weighted by Gasteiger charge is -2.23. The van der Waals surface area contributed by atoms with Gasteiger partial charge in [-0.25, -0.2) is 4.98 Å². The number of nitrogens with two attached hydrogens (primary N) is 1. The van der Waals surface area contributed by atoms with Gasteiger partial charge in [0.05, 0.1) is 22.8 Å². The molecule has 2 unspecified atom stereocenters. The van der Waals surface area contributed by atoms with Gasteiger partial charge in [0.1, 0.15) is 5.01 Å². The van der Waals surface area contributed by atoms with Crippen molar-refractivity contribution in [3.05, 3.63) is 40.4 Å². The molecule has 0 saturated heterocycles. The minimum atomic E-state index is 0.160. The Morgan fingerprint density at radius 3 is 2.74 bits per heavy atom. The lowest BCUT2D eigenvalue weighted by molar-refractivity contribution is -0.00316. The van der Waals surface area contributed by atoms with Crippen molar-refractivity contribution in [2.75, 3.05) is 0 Å². The fourth-order valence-corrected chi connectivity index (χ4v) is 3.55. The number of ether oxygens (including phenoxy) is 1. The monoisotopic (exact) mass is 274 g/mol. The van der Waals surface area contributed by atoms with E-state index >= 15 is 0 Å². The van der Waals surface area contributed by atoms with Crippen LogP contribution in [0.3, 0.4) is 0 Å². The van der Waals surface area contributed by atoms with E-state index in [2.05, 4.69) is 38.1 Å². The highest BCUT2D eigenvalue weighted by atomic mass is 32.1. The Labute approximate surface area is 117 Å². The molecule has 0 amide bonds. The van der Waals surface area contributed by atoms with E-state index in [0.29, 0.717) is 6.54 Å². The van der Waals surface area contributed by atoms with E-state index in [1.807, 2.05) is 0 Å². The molecule has 2 atom stereocenters. The molecular formula is C15H18N2OS. The number of rotatable bonds is 2. The van der Waals surface area contributed by atoms with Crippen molar-refractivity contribution < 1.29 is 4.74 Å². The fraction of sp³-hybridized carbons (Fsp3) is 0.400. The maximum absolute atomic E-state index is 5.85. The number of thiazole rings is 1. The second-order valence-corrected chi connectivity index (χ2v) is 6.05. The van der Waals surface area contributed by atoms with Crippen LogP contribution in [0.15, 0.2) is 24.3 Å². The van der Waals surface area contributed by atoms with Crippen molar-refractivity contribution in [3.63, 3.8) is 0 Å². The largest absolute Gasteiger partial charge is 0.370 e. The summed E-state index contributed by atoms with van der Waals surface area (Å²) in [5.41, 5.74) is 9.14. The van der Waals surface area contributed by atoms with Crippen LogP contribution in [0.1, 0.15) is 36.1 Å². The first-order valence-electron chi connectivity index (χ1n) is 6.62. The summed E-state index contributed by atoms with van der Waals surface area (Å²) < 4.78 is 5.85. The Balaban J connectivity index is 1.95. The van der Waals surface area contributed by atoms with Crippen LogP contribution < -0.4 is 5.73 Å². The second-order valence-electron chi connectivity index (χ2n) is 5.02. The third kappa shape index (κ3) is 2.43. The minimum absolute atomic E-state index is 0.160. The lowest BCUT2D eigenvalue weighted by Crippen LogP contribution is -2.20. The number of hydrogen-bond acceptors (Lipinski definition) is 4. The second kappa shape index (κ2) is 5.04. The highest BCUT2D eigenvalue weighted by molar-refractivity contribution is 7.15. The molecule has 2 heterocycles. The molecule has 2 aromatic rings. The van der Waals surface area contributed by atoms with Crippen LogP contribution >= 0.6 is 11.3 Å². The highest BCUT2D eigenvalue weighted by Gasteiger charge is 2.26. The van der Waals surface area contributed by atoms with Gasteiger partial charge in [-0.2, -0.15) is 0 Å². The van der Waals surface area contributed by atoms with E-state index in [9.17, 15) is 0 Å². The van der Waals surface area contributed by atoms with E-state index in [0.717, 1.165) is 22.6 Å². The van der Waals surface area contributed by atoms with Crippen LogP contribution in [0.25, 0.3) is 10.6 Å². The first-order chi connectivity index (χ1) is 9.17. The van der Waals surface area contributed by atoms with Crippen molar-refractivity contribution in [2.24, 2.45) is 5.73 Å². The lowest BCUT2D eigenvalue weighted by atomic mass is 10.1. The third-order valence-corrected chi connectivity index (χ3v) is 4.76. The predicted octanol–water partition coefficient (Wildman–Crippen LogP) is 3.29. The molecule has 3 nitrogen and oxygen atoms in total. The Morgan fingerprint density at radius 2 is 2.05 bits per heavy atom. The maximum Gasteiger partial charge on any atom is 0.123 e. The number of benzene rings is 1. The van der Waals surface area contributed by atoms with Crippen LogP contribution in [0.2, 0.25) is 0 Å². The molecule has 100 valence electrons. The molecule has 19 heavy (non-hydrogen) atoms. The van der Waals surface area contributed by atoms with E-state index in [4.69, 9.17) is 15.5 Å². The van der Waals surface area contributed by atoms with Crippen LogP contribution in [-0.2, 0) is 17.7 Å². The Bertz CT molecular complexity index is 576. The molecule has 0 spiro atoms. The van der Waals surface area contributed by atoms with E-state index in [1.54, 1.807) is 11.3 Å². The van der Waals surface area contributed by atoms with Gasteiger partial charge in [0.2, 0.25) is 0 Å². The first-order valence-corrected chi connectivity index (χ1v) is 7.43. The SMILES string of the molecule is CC1Cc2nc(-c3ccc(CN)cc3)sc2C(C)O1. The number of fused-ring (bicyclic) bond motifs is 1. The molecule has 3 rings (SSSR count). The van der Waals surface area contributed by atoms with Crippen LogP contribution in [0, 0.1) is 0 Å². The summed E-state index contributed by atoms with van der Waals surface area (Å²) in [4.78, 5) is 6.06. The van der Waals surface area contributed by atoms with Gasteiger partial charge in [0, 0.05) is 18.5 Å². The van der Waals surface area contributed by atoms with Crippen molar-refractivity contribution in [3.8, 4) is 10.6 Å². The Hall–Kier alpha value is -1.23. The average Bonchev–Trinajstić information content (AvgIpc) is 2.83. The van der Waals surface area contributed by atoms with Crippen molar-refractivity contribution in [2.45, 2.75) is 39.0 Å². The van der Waals surface area contributed by atoms with Gasteiger partial charge in [-0.3, -0.25) is 0 Å². The van der Waals surface area contributed by atoms with E-state index in [1.165, 1.54) is 10.6 Å². The average molecular weight is 274 g/mol. The van der Waals surface area contributed by atoms with Crippen molar-refractivity contribution >= 4 is 11.3 Å². The quantitative estimate of drug-likeness (QED) is 0.914. The van der Waals surface area contributed by atoms with Gasteiger partial charge in [-0.1, -0.05) is 24.3 Å². The molecule has 0 saturated carbocycles. The smallest absolute Gasteiger partial charge is 0.123 e. The van der Waals surface area contributed by atoms with E-state index < -0.39 is 0 Å². The van der Waals surface area contributed by atoms with Crippen LogP contribution in [-0.4, -0.2) is 11.1 Å². The molecule has 0 aliphatic carbocycles. The zero-order chi connectivity index (χ0) is 13.4. The zero-order valence-electron chi connectivity index (χ0n) is 11.2. The molecule has 1 aliphatic rings. The number of aromatic nitrogens is 1. The minimum Gasteiger partial charge on any atom is -0.370 e. The van der Waals surface area contributed by atoms with Crippen LogP contribution in [0.5, 0.6) is 0 Å². The summed E-state index contributed by atoms with van der Waals surface area (Å²) in [6.07, 6.45) is 1.34. The van der Waals surface area contributed by atoms with E-state index in [-0.39, 0.29) is 12.2 Å². The van der Waals surface area contributed by atoms with Crippen molar-refractivity contribution in [1.29, 1.82) is 0 Å². The summed E-state index contributed by atoms with van der Waals surface area (Å²) in [6, 6.07) is 8.33. The van der Waals surface area contributed by atoms with Gasteiger partial charge in [0.25, 0.3) is 0 Å². The van der Waals surface area contributed by atoms with Gasteiger partial charge in [0.15, 0.2) is 0 Å². The van der Waals surface area contributed by atoms with Gasteiger partial charge >= 0.3 is 0 Å². The van der Waals surface area contributed by atoms with Gasteiger partial charge in [-0.15, -0.1) is 11.3 Å². The summed E-state index contributed by atoms with van der Waals surface area (Å²) in [5.74, 6) is 0. The Kier molecular flexibility index (Phi) is 3.39. The fourth-order valence-electron chi connectivity index (χ4n) is 2.46. The topological polar surface area (TPSA) is 48.1 Å². The molecule has 1 aliphatic heterocycles. The molecule has 1 aromatic heterocycles. The number of hydrogen-bond donors (Lipinski definition) is 1. The first kappa shape index (κ1) is 12.8. The molecule has 2 N–H and O–H groups in total. The molecule has 0 radical (unpaired) electrons. The van der Waals surface area contributed by atoms with Crippen LogP contribution in [0.4, 0.5) is 0 Å². The summed E-state index contributed by atoms with van der Waals surface area (Å²) in [5, 5.41) is 1.08. The summed E-state index contributed by atoms with van der Waals surface area (Å²) in [6.45, 7) is 4.79. The molecule has 0 fully saturated rings. The Morgan fingerprint density at radius 1 is 1.32 bits per heavy atom. The summed E-state index contributed by atoms with van der Waals surface area (Å²) >= 11 is 1.74. The van der Waals surface area contributed by atoms with Gasteiger partial charge < -0.3 is 10.5 Å². The third-order valence-electron chi connectivity index (χ3n) is 3.45.